The van der Waals surface area contributed by atoms with Crippen LogP contribution < -0.4 is 0 Å². The molecule has 0 atom stereocenters. The lowest BCUT2D eigenvalue weighted by molar-refractivity contribution is 0.389. The van der Waals surface area contributed by atoms with E-state index < -0.39 is 0 Å². The zero-order valence-electron chi connectivity index (χ0n) is 15.0. The van der Waals surface area contributed by atoms with Crippen molar-refractivity contribution in [1.29, 1.82) is 0 Å². The molecule has 0 aliphatic heterocycles. The Morgan fingerprint density at radius 2 is 0.810 bits per heavy atom. The Balaban J connectivity index is -0.00000162. The lowest BCUT2D eigenvalue weighted by atomic mass is 10.0. The molecule has 0 aromatic rings. The first-order valence-corrected chi connectivity index (χ1v) is 8.92. The van der Waals surface area contributed by atoms with Crippen molar-refractivity contribution in [3.8, 4) is 0 Å². The SMILES string of the molecule is CCCCCCCCCCCCCCCCN(C)C.Cl.O. The van der Waals surface area contributed by atoms with Gasteiger partial charge in [0.15, 0.2) is 0 Å². The van der Waals surface area contributed by atoms with Crippen molar-refractivity contribution in [3.63, 3.8) is 0 Å². The summed E-state index contributed by atoms with van der Waals surface area (Å²) in [5.74, 6) is 0. The Kier molecular flexibility index (Phi) is 28.0. The van der Waals surface area contributed by atoms with Crippen molar-refractivity contribution in [2.45, 2.75) is 96.8 Å². The molecule has 0 unspecified atom stereocenters. The average molecular weight is 324 g/mol. The van der Waals surface area contributed by atoms with E-state index in [4.69, 9.17) is 0 Å². The van der Waals surface area contributed by atoms with Crippen molar-refractivity contribution in [2.24, 2.45) is 0 Å². The van der Waals surface area contributed by atoms with Crippen LogP contribution in [0.2, 0.25) is 0 Å². The van der Waals surface area contributed by atoms with Crippen molar-refractivity contribution in [3.05, 3.63) is 0 Å². The van der Waals surface area contributed by atoms with E-state index in [0.717, 1.165) is 0 Å². The summed E-state index contributed by atoms with van der Waals surface area (Å²) in [6, 6.07) is 0. The van der Waals surface area contributed by atoms with Crippen molar-refractivity contribution in [1.82, 2.24) is 4.90 Å². The molecule has 3 heteroatoms. The molecule has 0 aromatic heterocycles. The van der Waals surface area contributed by atoms with Gasteiger partial charge in [-0.1, -0.05) is 90.4 Å². The largest absolute Gasteiger partial charge is 0.412 e. The maximum atomic E-state index is 2.29. The second kappa shape index (κ2) is 22.5. The van der Waals surface area contributed by atoms with Gasteiger partial charge in [0.1, 0.15) is 0 Å². The lowest BCUT2D eigenvalue weighted by Crippen LogP contribution is -2.12. The highest BCUT2D eigenvalue weighted by atomic mass is 35.5. The predicted octanol–water partition coefficient (Wildman–Crippen LogP) is 5.63. The standard InChI is InChI=1S/C18H39N.ClH.H2O/c1-4-5-6-7-8-9-10-11-12-13-14-15-16-17-18-19(2)3;;/h4-18H2,1-3H3;1H;1H2. The molecular formula is C18H42ClNO. The second-order valence-corrected chi connectivity index (χ2v) is 6.40. The summed E-state index contributed by atoms with van der Waals surface area (Å²) in [7, 11) is 4.34. The van der Waals surface area contributed by atoms with Crippen LogP contribution in [0.5, 0.6) is 0 Å². The molecule has 0 amide bonds. The summed E-state index contributed by atoms with van der Waals surface area (Å²) in [6.45, 7) is 3.55. The summed E-state index contributed by atoms with van der Waals surface area (Å²) >= 11 is 0. The first-order valence-electron chi connectivity index (χ1n) is 8.92. The molecule has 0 heterocycles. The fourth-order valence-corrected chi connectivity index (χ4v) is 2.62. The van der Waals surface area contributed by atoms with Gasteiger partial charge in [-0.15, -0.1) is 12.4 Å². The summed E-state index contributed by atoms with van der Waals surface area (Å²) in [5, 5.41) is 0. The molecule has 0 spiro atoms. The fourth-order valence-electron chi connectivity index (χ4n) is 2.62. The smallest absolute Gasteiger partial charge is 0.00248 e. The molecule has 0 radical (unpaired) electrons. The van der Waals surface area contributed by atoms with Crippen molar-refractivity contribution < 1.29 is 5.48 Å². The molecule has 0 aliphatic carbocycles. The van der Waals surface area contributed by atoms with Crippen molar-refractivity contribution >= 4 is 12.4 Å². The molecule has 132 valence electrons. The van der Waals surface area contributed by atoms with Gasteiger partial charge >= 0.3 is 0 Å². The molecule has 2 nitrogen and oxygen atoms in total. The Morgan fingerprint density at radius 1 is 0.524 bits per heavy atom. The molecule has 0 saturated heterocycles. The quantitative estimate of drug-likeness (QED) is 0.360. The third kappa shape index (κ3) is 25.5. The van der Waals surface area contributed by atoms with Crippen LogP contribution in [0.1, 0.15) is 96.8 Å². The molecule has 0 rings (SSSR count). The maximum absolute atomic E-state index is 2.29. The molecule has 0 bridgehead atoms. The summed E-state index contributed by atoms with van der Waals surface area (Å²) in [5.41, 5.74) is 0. The fraction of sp³-hybridized carbons (Fsp3) is 1.00. The number of hydrogen-bond donors (Lipinski definition) is 0. The molecule has 0 aliphatic rings. The third-order valence-corrected chi connectivity index (χ3v) is 3.96. The normalized spacial score (nSPS) is 10.3. The monoisotopic (exact) mass is 323 g/mol. The van der Waals surface area contributed by atoms with Gasteiger partial charge in [-0.2, -0.15) is 0 Å². The van der Waals surface area contributed by atoms with E-state index in [2.05, 4.69) is 25.9 Å². The van der Waals surface area contributed by atoms with E-state index in [1.165, 1.54) is 96.4 Å². The van der Waals surface area contributed by atoms with Gasteiger partial charge in [0, 0.05) is 0 Å². The summed E-state index contributed by atoms with van der Waals surface area (Å²) in [6.07, 6.45) is 20.3. The van der Waals surface area contributed by atoms with Crippen LogP contribution in [-0.4, -0.2) is 31.0 Å². The Labute approximate surface area is 140 Å². The van der Waals surface area contributed by atoms with Gasteiger partial charge in [-0.3, -0.25) is 0 Å². The van der Waals surface area contributed by atoms with E-state index >= 15 is 0 Å². The first kappa shape index (κ1) is 26.1. The topological polar surface area (TPSA) is 34.7 Å². The minimum atomic E-state index is 0. The molecule has 0 fully saturated rings. The zero-order chi connectivity index (χ0) is 14.2. The average Bonchev–Trinajstić information content (AvgIpc) is 2.39. The third-order valence-electron chi connectivity index (χ3n) is 3.96. The molecule has 21 heavy (non-hydrogen) atoms. The maximum Gasteiger partial charge on any atom is -0.00248 e. The lowest BCUT2D eigenvalue weighted by Gasteiger charge is -2.08. The van der Waals surface area contributed by atoms with Gasteiger partial charge in [0.05, 0.1) is 0 Å². The van der Waals surface area contributed by atoms with Gasteiger partial charge in [0.25, 0.3) is 0 Å². The number of hydrogen-bond acceptors (Lipinski definition) is 1. The number of halogens is 1. The van der Waals surface area contributed by atoms with Crippen LogP contribution >= 0.6 is 12.4 Å². The van der Waals surface area contributed by atoms with Gasteiger partial charge in [0.2, 0.25) is 0 Å². The van der Waals surface area contributed by atoms with Crippen LogP contribution in [0.4, 0.5) is 0 Å². The first-order chi connectivity index (χ1) is 9.27. The van der Waals surface area contributed by atoms with E-state index in [1.807, 2.05) is 0 Å². The minimum Gasteiger partial charge on any atom is -0.412 e. The summed E-state index contributed by atoms with van der Waals surface area (Å²) in [4.78, 5) is 2.29. The van der Waals surface area contributed by atoms with Gasteiger partial charge in [-0.25, -0.2) is 0 Å². The Bertz CT molecular complexity index is 165. The van der Waals surface area contributed by atoms with Crippen molar-refractivity contribution in [2.75, 3.05) is 20.6 Å². The highest BCUT2D eigenvalue weighted by Crippen LogP contribution is 2.12. The molecule has 0 saturated carbocycles. The molecule has 2 N–H and O–H groups in total. The van der Waals surface area contributed by atoms with Crippen LogP contribution in [-0.2, 0) is 0 Å². The van der Waals surface area contributed by atoms with Crippen LogP contribution in [0.15, 0.2) is 0 Å². The van der Waals surface area contributed by atoms with E-state index in [0.29, 0.717) is 0 Å². The van der Waals surface area contributed by atoms with Gasteiger partial charge < -0.3 is 10.4 Å². The highest BCUT2D eigenvalue weighted by molar-refractivity contribution is 5.85. The minimum absolute atomic E-state index is 0. The Morgan fingerprint density at radius 3 is 1.10 bits per heavy atom. The van der Waals surface area contributed by atoms with E-state index in [-0.39, 0.29) is 17.9 Å². The van der Waals surface area contributed by atoms with E-state index in [1.54, 1.807) is 0 Å². The molecule has 0 aromatic carbocycles. The van der Waals surface area contributed by atoms with Crippen LogP contribution in [0, 0.1) is 0 Å². The number of rotatable bonds is 15. The number of unbranched alkanes of at least 4 members (excludes halogenated alkanes) is 13. The second-order valence-electron chi connectivity index (χ2n) is 6.40. The van der Waals surface area contributed by atoms with Gasteiger partial charge in [-0.05, 0) is 27.1 Å². The highest BCUT2D eigenvalue weighted by Gasteiger charge is 1.94. The Hall–Kier alpha value is 0.210. The van der Waals surface area contributed by atoms with Crippen LogP contribution in [0.25, 0.3) is 0 Å². The zero-order valence-corrected chi connectivity index (χ0v) is 15.8. The number of nitrogens with zero attached hydrogens (tertiary/aromatic N) is 1. The summed E-state index contributed by atoms with van der Waals surface area (Å²) < 4.78 is 0. The van der Waals surface area contributed by atoms with E-state index in [9.17, 15) is 0 Å². The van der Waals surface area contributed by atoms with Crippen LogP contribution in [0.3, 0.4) is 0 Å². The molecular weight excluding hydrogens is 282 g/mol. The predicted molar refractivity (Wildman–Crippen MR) is 99.7 cm³/mol.